The van der Waals surface area contributed by atoms with Crippen LogP contribution in [0.2, 0.25) is 5.02 Å². The summed E-state index contributed by atoms with van der Waals surface area (Å²) >= 11 is 9.18. The Bertz CT molecular complexity index is 845. The number of hydrogen-bond acceptors (Lipinski definition) is 4. The topological polar surface area (TPSA) is 46.9 Å². The highest BCUT2D eigenvalue weighted by molar-refractivity contribution is 8.00. The highest BCUT2D eigenvalue weighted by atomic mass is 35.5. The van der Waals surface area contributed by atoms with Crippen LogP contribution in [0.15, 0.2) is 40.9 Å². The Hall–Kier alpha value is -1.50. The molecule has 1 aromatic carbocycles. The van der Waals surface area contributed by atoms with Crippen molar-refractivity contribution in [2.24, 2.45) is 7.05 Å². The minimum Gasteiger partial charge on any atom is -0.355 e. The van der Waals surface area contributed by atoms with Gasteiger partial charge < -0.3 is 9.88 Å². The van der Waals surface area contributed by atoms with E-state index < -0.39 is 0 Å². The predicted octanol–water partition coefficient (Wildman–Crippen LogP) is 4.13. The van der Waals surface area contributed by atoms with Crippen molar-refractivity contribution in [3.63, 3.8) is 0 Å². The van der Waals surface area contributed by atoms with Gasteiger partial charge in [-0.3, -0.25) is 4.79 Å². The number of aryl methyl sites for hydroxylation is 1. The first-order valence-electron chi connectivity index (χ1n) is 7.63. The van der Waals surface area contributed by atoms with Crippen LogP contribution in [0.5, 0.6) is 0 Å². The Morgan fingerprint density at radius 1 is 1.46 bits per heavy atom. The van der Waals surface area contributed by atoms with Crippen LogP contribution in [0, 0.1) is 0 Å². The van der Waals surface area contributed by atoms with Gasteiger partial charge in [0.25, 0.3) is 0 Å². The van der Waals surface area contributed by atoms with Gasteiger partial charge in [-0.15, -0.1) is 11.3 Å². The first-order valence-corrected chi connectivity index (χ1v) is 9.77. The molecule has 0 aliphatic rings. The molecule has 1 atom stereocenters. The second kappa shape index (κ2) is 7.59. The van der Waals surface area contributed by atoms with Gasteiger partial charge in [0.15, 0.2) is 5.16 Å². The first-order chi connectivity index (χ1) is 11.5. The zero-order chi connectivity index (χ0) is 17.1. The number of halogens is 1. The number of fused-ring (bicyclic) bond motifs is 1. The van der Waals surface area contributed by atoms with Crippen LogP contribution in [0.4, 0.5) is 0 Å². The molecule has 3 rings (SSSR count). The van der Waals surface area contributed by atoms with Crippen LogP contribution in [-0.4, -0.2) is 27.3 Å². The van der Waals surface area contributed by atoms with Crippen LogP contribution < -0.4 is 5.32 Å². The highest BCUT2D eigenvalue weighted by Crippen LogP contribution is 2.27. The van der Waals surface area contributed by atoms with E-state index in [9.17, 15) is 4.79 Å². The minimum absolute atomic E-state index is 0.0293. The highest BCUT2D eigenvalue weighted by Gasteiger charge is 2.18. The van der Waals surface area contributed by atoms with Crippen molar-refractivity contribution in [3.05, 3.63) is 45.6 Å². The molecule has 0 spiro atoms. The summed E-state index contributed by atoms with van der Waals surface area (Å²) < 4.78 is 1.99. The quantitative estimate of drug-likeness (QED) is 0.655. The van der Waals surface area contributed by atoms with Crippen LogP contribution in [0.1, 0.15) is 11.8 Å². The molecule has 2 aromatic heterocycles. The summed E-state index contributed by atoms with van der Waals surface area (Å²) in [5.41, 5.74) is 1.85. The second-order valence-electron chi connectivity index (χ2n) is 5.47. The number of nitrogens with zero attached hydrogens (tertiary/aromatic N) is 2. The standard InChI is InChI=1S/C17H18ClN3OS2/c1-11(16(22)19-8-7-13-4-3-9-23-13)24-17-20-14-10-12(18)5-6-15(14)21(17)2/h3-6,9-11H,7-8H2,1-2H3,(H,19,22). The molecular weight excluding hydrogens is 362 g/mol. The van der Waals surface area contributed by atoms with Gasteiger partial charge in [-0.25, -0.2) is 4.98 Å². The Morgan fingerprint density at radius 2 is 2.29 bits per heavy atom. The molecule has 0 fully saturated rings. The lowest BCUT2D eigenvalue weighted by molar-refractivity contribution is -0.120. The number of thiophene rings is 1. The monoisotopic (exact) mass is 379 g/mol. The molecule has 0 bridgehead atoms. The number of imidazole rings is 1. The molecule has 3 aromatic rings. The van der Waals surface area contributed by atoms with Crippen molar-refractivity contribution in [1.29, 1.82) is 0 Å². The van der Waals surface area contributed by atoms with Crippen LogP contribution in [-0.2, 0) is 18.3 Å². The number of hydrogen-bond donors (Lipinski definition) is 1. The normalized spacial score (nSPS) is 12.5. The summed E-state index contributed by atoms with van der Waals surface area (Å²) in [4.78, 5) is 18.1. The first kappa shape index (κ1) is 17.3. The molecule has 4 nitrogen and oxygen atoms in total. The summed E-state index contributed by atoms with van der Waals surface area (Å²) in [6.45, 7) is 2.56. The van der Waals surface area contributed by atoms with Gasteiger partial charge in [0.2, 0.25) is 5.91 Å². The largest absolute Gasteiger partial charge is 0.355 e. The van der Waals surface area contributed by atoms with Crippen LogP contribution in [0.3, 0.4) is 0 Å². The van der Waals surface area contributed by atoms with Crippen molar-refractivity contribution in [1.82, 2.24) is 14.9 Å². The number of aromatic nitrogens is 2. The Kier molecular flexibility index (Phi) is 5.48. The van der Waals surface area contributed by atoms with E-state index in [0.29, 0.717) is 11.6 Å². The smallest absolute Gasteiger partial charge is 0.233 e. The summed E-state index contributed by atoms with van der Waals surface area (Å²) in [5, 5.41) is 6.31. The second-order valence-corrected chi connectivity index (χ2v) is 8.24. The fraction of sp³-hybridized carbons (Fsp3) is 0.294. The molecule has 1 N–H and O–H groups in total. The molecule has 24 heavy (non-hydrogen) atoms. The number of thioether (sulfide) groups is 1. The number of nitrogens with one attached hydrogen (secondary N) is 1. The Morgan fingerprint density at radius 3 is 3.04 bits per heavy atom. The average Bonchev–Trinajstić information content (AvgIpc) is 3.16. The molecule has 0 aliphatic heterocycles. The molecule has 7 heteroatoms. The fourth-order valence-corrected chi connectivity index (χ4v) is 4.16. The molecule has 0 saturated heterocycles. The Labute approximate surface area is 154 Å². The van der Waals surface area contributed by atoms with E-state index in [1.807, 2.05) is 48.2 Å². The van der Waals surface area contributed by atoms with E-state index in [-0.39, 0.29) is 11.2 Å². The lowest BCUT2D eigenvalue weighted by atomic mass is 10.3. The van der Waals surface area contributed by atoms with E-state index in [0.717, 1.165) is 22.6 Å². The van der Waals surface area contributed by atoms with Crippen molar-refractivity contribution < 1.29 is 4.79 Å². The lowest BCUT2D eigenvalue weighted by Gasteiger charge is -2.11. The van der Waals surface area contributed by atoms with Gasteiger partial charge in [0, 0.05) is 23.5 Å². The zero-order valence-corrected chi connectivity index (χ0v) is 15.8. The molecule has 126 valence electrons. The van der Waals surface area contributed by atoms with E-state index >= 15 is 0 Å². The maximum Gasteiger partial charge on any atom is 0.233 e. The van der Waals surface area contributed by atoms with Gasteiger partial charge in [0.05, 0.1) is 16.3 Å². The molecule has 2 heterocycles. The van der Waals surface area contributed by atoms with E-state index in [2.05, 4.69) is 16.4 Å². The van der Waals surface area contributed by atoms with Crippen LogP contribution in [0.25, 0.3) is 11.0 Å². The predicted molar refractivity (Wildman–Crippen MR) is 102 cm³/mol. The van der Waals surface area contributed by atoms with Gasteiger partial charge in [-0.2, -0.15) is 0 Å². The molecule has 0 radical (unpaired) electrons. The van der Waals surface area contributed by atoms with E-state index in [4.69, 9.17) is 11.6 Å². The van der Waals surface area contributed by atoms with Crippen molar-refractivity contribution in [2.45, 2.75) is 23.8 Å². The summed E-state index contributed by atoms with van der Waals surface area (Å²) in [6.07, 6.45) is 0.867. The third kappa shape index (κ3) is 3.94. The summed E-state index contributed by atoms with van der Waals surface area (Å²) in [5.74, 6) is 0.0293. The fourth-order valence-electron chi connectivity index (χ4n) is 2.38. The average molecular weight is 380 g/mol. The molecule has 1 amide bonds. The number of benzene rings is 1. The number of rotatable bonds is 6. The van der Waals surface area contributed by atoms with E-state index in [1.54, 1.807) is 11.3 Å². The van der Waals surface area contributed by atoms with Crippen LogP contribution >= 0.6 is 34.7 Å². The van der Waals surface area contributed by atoms with Gasteiger partial charge in [-0.05, 0) is 43.0 Å². The van der Waals surface area contributed by atoms with E-state index in [1.165, 1.54) is 16.6 Å². The SMILES string of the molecule is CC(Sc1nc2cc(Cl)ccc2n1C)C(=O)NCCc1cccs1. The molecule has 0 saturated carbocycles. The van der Waals surface area contributed by atoms with Crippen molar-refractivity contribution in [2.75, 3.05) is 6.54 Å². The maximum atomic E-state index is 12.3. The number of carbonyl (C=O) groups excluding carboxylic acids is 1. The number of carbonyl (C=O) groups is 1. The molecule has 0 aliphatic carbocycles. The summed E-state index contributed by atoms with van der Waals surface area (Å²) in [6, 6.07) is 9.74. The minimum atomic E-state index is -0.209. The van der Waals surface area contributed by atoms with Gasteiger partial charge in [0.1, 0.15) is 0 Å². The molecular formula is C17H18ClN3OS2. The maximum absolute atomic E-state index is 12.3. The zero-order valence-electron chi connectivity index (χ0n) is 13.5. The van der Waals surface area contributed by atoms with Gasteiger partial charge in [-0.1, -0.05) is 29.4 Å². The third-order valence-corrected chi connectivity index (χ3v) is 6.02. The molecule has 1 unspecified atom stereocenters. The number of amides is 1. The lowest BCUT2D eigenvalue weighted by Crippen LogP contribution is -2.32. The third-order valence-electron chi connectivity index (χ3n) is 3.70. The summed E-state index contributed by atoms with van der Waals surface area (Å²) in [7, 11) is 1.95. The van der Waals surface area contributed by atoms with Crippen molar-refractivity contribution >= 4 is 51.6 Å². The van der Waals surface area contributed by atoms with Crippen molar-refractivity contribution in [3.8, 4) is 0 Å². The van der Waals surface area contributed by atoms with Gasteiger partial charge >= 0.3 is 0 Å². The Balaban J connectivity index is 1.60.